The van der Waals surface area contributed by atoms with Crippen LogP contribution in [-0.4, -0.2) is 16.4 Å². The fraction of sp³-hybridized carbons (Fsp3) is 0. The van der Waals surface area contributed by atoms with Crippen molar-refractivity contribution in [2.75, 3.05) is 0 Å². The van der Waals surface area contributed by atoms with Gasteiger partial charge in [-0.3, -0.25) is 0 Å². The fourth-order valence-electron chi connectivity index (χ4n) is 0. The molecule has 0 radical (unpaired) electrons. The second-order valence-corrected chi connectivity index (χ2v) is 0. The molecule has 0 aliphatic rings. The van der Waals surface area contributed by atoms with Crippen molar-refractivity contribution in [2.24, 2.45) is 0 Å². The first-order valence-electron chi connectivity index (χ1n) is 0. The maximum Gasteiger partial charge on any atom is 1.00 e. The summed E-state index contributed by atoms with van der Waals surface area (Å²) in [5.74, 6) is 0. The van der Waals surface area contributed by atoms with Crippen LogP contribution in [0.25, 0.3) is 0 Å². The first-order chi connectivity index (χ1) is 0. The van der Waals surface area contributed by atoms with Crippen LogP contribution >= 0.6 is 0 Å². The van der Waals surface area contributed by atoms with Crippen LogP contribution < -0.4 is 0 Å². The van der Waals surface area contributed by atoms with Gasteiger partial charge in [0.25, 0.3) is 0 Å². The van der Waals surface area contributed by atoms with Gasteiger partial charge in [0, 0.05) is 0 Å². The van der Waals surface area contributed by atoms with E-state index in [1.165, 1.54) is 0 Å². The molecule has 4 heteroatoms. The fourth-order valence-corrected chi connectivity index (χ4v) is 0. The molecule has 0 aromatic heterocycles. The summed E-state index contributed by atoms with van der Waals surface area (Å²) in [5.41, 5.74) is 0. The first kappa shape index (κ1) is 319. The molecule has 0 saturated carbocycles. The van der Waals surface area contributed by atoms with Crippen molar-refractivity contribution in [1.82, 2.24) is 0 Å². The summed E-state index contributed by atoms with van der Waals surface area (Å²) in [4.78, 5) is 0. The zero-order valence-electron chi connectivity index (χ0n) is 1.80. The van der Waals surface area contributed by atoms with Crippen LogP contribution in [0.15, 0.2) is 0 Å². The molecule has 0 rings (SSSR count). The molecular formula is H6CuO3+. The standard InChI is InChI=1S/Cu.3H2O/h;3*1H2/q+1;;;. The Bertz CT molecular complexity index is 3.25. The van der Waals surface area contributed by atoms with Crippen molar-refractivity contribution in [2.45, 2.75) is 0 Å². The zero-order chi connectivity index (χ0) is 0. The van der Waals surface area contributed by atoms with Crippen LogP contribution in [0.4, 0.5) is 0 Å². The average Bonchev–Trinajstić information content (AvgIpc) is 0. The van der Waals surface area contributed by atoms with Gasteiger partial charge in [-0.25, -0.2) is 0 Å². The summed E-state index contributed by atoms with van der Waals surface area (Å²) < 4.78 is 0. The van der Waals surface area contributed by atoms with Gasteiger partial charge in [-0.05, 0) is 0 Å². The monoisotopic (exact) mass is 117 g/mol. The van der Waals surface area contributed by atoms with Crippen LogP contribution in [0.1, 0.15) is 0 Å². The molecule has 0 unspecified atom stereocenters. The molecule has 0 atom stereocenters. The molecular weight excluding hydrogens is 112 g/mol. The smallest absolute Gasteiger partial charge is 0.412 e. The van der Waals surface area contributed by atoms with Crippen molar-refractivity contribution in [3.05, 3.63) is 0 Å². The molecule has 0 bridgehead atoms. The molecule has 0 aliphatic heterocycles. The van der Waals surface area contributed by atoms with Gasteiger partial charge in [0.1, 0.15) is 0 Å². The Morgan fingerprint density at radius 2 is 0.500 bits per heavy atom. The number of hydrogen-bond acceptors (Lipinski definition) is 0. The summed E-state index contributed by atoms with van der Waals surface area (Å²) in [7, 11) is 0. The van der Waals surface area contributed by atoms with Crippen molar-refractivity contribution >= 4 is 0 Å². The molecule has 0 heterocycles. The van der Waals surface area contributed by atoms with Gasteiger partial charge in [-0.15, -0.1) is 0 Å². The SMILES string of the molecule is O.O.O.[Cu+]. The molecule has 6 N–H and O–H groups in total. The Morgan fingerprint density at radius 1 is 0.500 bits per heavy atom. The van der Waals surface area contributed by atoms with E-state index in [4.69, 9.17) is 0 Å². The van der Waals surface area contributed by atoms with Gasteiger partial charge in [-0.2, -0.15) is 0 Å². The molecule has 34 valence electrons. The molecule has 0 aromatic rings. The Labute approximate surface area is 34.4 Å². The van der Waals surface area contributed by atoms with Gasteiger partial charge in [0.15, 0.2) is 0 Å². The molecule has 0 fully saturated rings. The molecule has 3 nitrogen and oxygen atoms in total. The van der Waals surface area contributed by atoms with Crippen LogP contribution in [0.5, 0.6) is 0 Å². The van der Waals surface area contributed by atoms with Gasteiger partial charge in [-0.1, -0.05) is 0 Å². The minimum absolute atomic E-state index is 0. The second-order valence-electron chi connectivity index (χ2n) is 0. The van der Waals surface area contributed by atoms with Crippen LogP contribution in [0.2, 0.25) is 0 Å². The van der Waals surface area contributed by atoms with E-state index in [1.54, 1.807) is 0 Å². The second kappa shape index (κ2) is 123. The van der Waals surface area contributed by atoms with Crippen LogP contribution in [0, 0.1) is 0 Å². The van der Waals surface area contributed by atoms with E-state index in [-0.39, 0.29) is 33.5 Å². The normalized spacial score (nSPS) is 0. The maximum absolute atomic E-state index is 0. The summed E-state index contributed by atoms with van der Waals surface area (Å²) in [6.07, 6.45) is 0. The molecule has 0 aromatic carbocycles. The van der Waals surface area contributed by atoms with Gasteiger partial charge in [0.2, 0.25) is 0 Å². The van der Waals surface area contributed by atoms with E-state index in [2.05, 4.69) is 0 Å². The van der Waals surface area contributed by atoms with E-state index in [0.717, 1.165) is 0 Å². The maximum atomic E-state index is 0. The molecule has 0 spiro atoms. The Kier molecular flexibility index (Phi) is 9770. The third-order valence-electron chi connectivity index (χ3n) is 0. The topological polar surface area (TPSA) is 94.5 Å². The predicted molar refractivity (Wildman–Crippen MR) is 10.8 cm³/mol. The Morgan fingerprint density at radius 3 is 0.500 bits per heavy atom. The van der Waals surface area contributed by atoms with Crippen molar-refractivity contribution < 1.29 is 33.5 Å². The third-order valence-corrected chi connectivity index (χ3v) is 0. The molecule has 0 saturated heterocycles. The van der Waals surface area contributed by atoms with E-state index in [1.807, 2.05) is 0 Å². The van der Waals surface area contributed by atoms with Crippen molar-refractivity contribution in [3.63, 3.8) is 0 Å². The Balaban J connectivity index is 0. The van der Waals surface area contributed by atoms with Crippen molar-refractivity contribution in [1.29, 1.82) is 0 Å². The molecule has 0 aliphatic carbocycles. The average molecular weight is 118 g/mol. The van der Waals surface area contributed by atoms with E-state index < -0.39 is 0 Å². The van der Waals surface area contributed by atoms with Gasteiger partial charge < -0.3 is 16.4 Å². The minimum Gasteiger partial charge on any atom is -0.412 e. The molecule has 0 amide bonds. The number of hydrogen-bond donors (Lipinski definition) is 0. The third kappa shape index (κ3) is 29.4. The summed E-state index contributed by atoms with van der Waals surface area (Å²) in [5, 5.41) is 0. The van der Waals surface area contributed by atoms with E-state index in [9.17, 15) is 0 Å². The van der Waals surface area contributed by atoms with E-state index >= 15 is 0 Å². The predicted octanol–water partition coefficient (Wildman–Crippen LogP) is -2.48. The first-order valence-corrected chi connectivity index (χ1v) is 0. The summed E-state index contributed by atoms with van der Waals surface area (Å²) >= 11 is 0. The quantitative estimate of drug-likeness (QED) is 0.314. The largest absolute Gasteiger partial charge is 1.00 e. The Hall–Kier alpha value is 0.399. The zero-order valence-corrected chi connectivity index (χ0v) is 2.74. The molecule has 4 heavy (non-hydrogen) atoms. The van der Waals surface area contributed by atoms with E-state index in [0.29, 0.717) is 0 Å². The summed E-state index contributed by atoms with van der Waals surface area (Å²) in [6.45, 7) is 0. The van der Waals surface area contributed by atoms with Crippen molar-refractivity contribution in [3.8, 4) is 0 Å². The minimum atomic E-state index is 0. The van der Waals surface area contributed by atoms with Gasteiger partial charge in [0.05, 0.1) is 0 Å². The van der Waals surface area contributed by atoms with Crippen LogP contribution in [-0.2, 0) is 17.1 Å². The summed E-state index contributed by atoms with van der Waals surface area (Å²) in [6, 6.07) is 0. The van der Waals surface area contributed by atoms with Crippen LogP contribution in [0.3, 0.4) is 0 Å². The number of rotatable bonds is 0. The van der Waals surface area contributed by atoms with Gasteiger partial charge >= 0.3 is 17.1 Å².